The number of hydrogen-bond acceptors (Lipinski definition) is 2. The maximum atomic E-state index is 8.29. The Morgan fingerprint density at radius 2 is 0.815 bits per heavy atom. The molecule has 0 aromatic carbocycles. The average molecular weight is 385 g/mol. The van der Waals surface area contributed by atoms with E-state index in [1.54, 1.807) is 0 Å². The van der Waals surface area contributed by atoms with E-state index in [0.29, 0.717) is 12.0 Å². The van der Waals surface area contributed by atoms with Crippen LogP contribution in [-0.2, 0) is 4.89 Å². The van der Waals surface area contributed by atoms with Crippen LogP contribution in [0.4, 0.5) is 0 Å². The van der Waals surface area contributed by atoms with Crippen LogP contribution in [0.1, 0.15) is 149 Å². The standard InChI is InChI=1S/C25H52O2/c1-4-7-20-25(21-8-5-2,22-9-6-3)23-18-16-14-12-10-11-13-15-17-19-24-27-26/h26H,4-24H2,1-3H3. The Balaban J connectivity index is 3.89. The van der Waals surface area contributed by atoms with E-state index in [1.165, 1.54) is 122 Å². The first-order chi connectivity index (χ1) is 13.2. The topological polar surface area (TPSA) is 29.5 Å². The first kappa shape index (κ1) is 26.9. The van der Waals surface area contributed by atoms with E-state index in [1.807, 2.05) is 0 Å². The van der Waals surface area contributed by atoms with Crippen molar-refractivity contribution in [2.24, 2.45) is 5.41 Å². The number of hydrogen-bond donors (Lipinski definition) is 1. The first-order valence-electron chi connectivity index (χ1n) is 12.5. The molecule has 0 saturated carbocycles. The fraction of sp³-hybridized carbons (Fsp3) is 1.00. The van der Waals surface area contributed by atoms with Crippen LogP contribution in [0.3, 0.4) is 0 Å². The summed E-state index contributed by atoms with van der Waals surface area (Å²) < 4.78 is 0. The summed E-state index contributed by atoms with van der Waals surface area (Å²) in [5, 5.41) is 8.29. The third-order valence-electron chi connectivity index (χ3n) is 6.37. The van der Waals surface area contributed by atoms with Crippen molar-refractivity contribution in [2.45, 2.75) is 149 Å². The lowest BCUT2D eigenvalue weighted by atomic mass is 9.71. The maximum absolute atomic E-state index is 8.29. The summed E-state index contributed by atoms with van der Waals surface area (Å²) in [6.07, 6.45) is 27.6. The highest BCUT2D eigenvalue weighted by molar-refractivity contribution is 4.79. The van der Waals surface area contributed by atoms with Crippen molar-refractivity contribution in [3.63, 3.8) is 0 Å². The van der Waals surface area contributed by atoms with E-state index in [-0.39, 0.29) is 0 Å². The molecule has 0 saturated heterocycles. The lowest BCUT2D eigenvalue weighted by molar-refractivity contribution is -0.242. The zero-order chi connectivity index (χ0) is 20.1. The number of unbranched alkanes of at least 4 members (excludes halogenated alkanes) is 12. The van der Waals surface area contributed by atoms with E-state index in [2.05, 4.69) is 25.7 Å². The van der Waals surface area contributed by atoms with Crippen molar-refractivity contribution in [1.29, 1.82) is 0 Å². The third kappa shape index (κ3) is 16.6. The van der Waals surface area contributed by atoms with Crippen molar-refractivity contribution < 1.29 is 10.1 Å². The fourth-order valence-electron chi connectivity index (χ4n) is 4.49. The third-order valence-corrected chi connectivity index (χ3v) is 6.37. The van der Waals surface area contributed by atoms with Gasteiger partial charge in [0.25, 0.3) is 0 Å². The van der Waals surface area contributed by atoms with Crippen molar-refractivity contribution in [3.8, 4) is 0 Å². The largest absolute Gasteiger partial charge is 0.252 e. The van der Waals surface area contributed by atoms with E-state index >= 15 is 0 Å². The first-order valence-corrected chi connectivity index (χ1v) is 12.5. The molecule has 0 fully saturated rings. The van der Waals surface area contributed by atoms with Gasteiger partial charge in [-0.15, -0.1) is 0 Å². The summed E-state index contributed by atoms with van der Waals surface area (Å²) in [5.41, 5.74) is 0.667. The zero-order valence-electron chi connectivity index (χ0n) is 19.2. The van der Waals surface area contributed by atoms with Gasteiger partial charge in [0, 0.05) is 0 Å². The normalized spacial score (nSPS) is 12.0. The van der Waals surface area contributed by atoms with E-state index < -0.39 is 0 Å². The molecular weight excluding hydrogens is 332 g/mol. The molecule has 0 heterocycles. The van der Waals surface area contributed by atoms with Crippen LogP contribution < -0.4 is 0 Å². The summed E-state index contributed by atoms with van der Waals surface area (Å²) in [4.78, 5) is 4.11. The molecule has 1 N–H and O–H groups in total. The minimum atomic E-state index is 0.496. The van der Waals surface area contributed by atoms with Gasteiger partial charge in [-0.05, 0) is 37.5 Å². The molecule has 0 aliphatic carbocycles. The molecule has 0 aromatic rings. The Labute approximate surface area is 171 Å². The Hall–Kier alpha value is -0.0800. The Morgan fingerprint density at radius 3 is 1.19 bits per heavy atom. The molecule has 0 aliphatic heterocycles. The van der Waals surface area contributed by atoms with Gasteiger partial charge in [0.2, 0.25) is 0 Å². The molecular formula is C25H52O2. The molecule has 0 atom stereocenters. The van der Waals surface area contributed by atoms with E-state index in [9.17, 15) is 0 Å². The minimum absolute atomic E-state index is 0.496. The highest BCUT2D eigenvalue weighted by atomic mass is 17.1. The van der Waals surface area contributed by atoms with Crippen LogP contribution >= 0.6 is 0 Å². The molecule has 2 nitrogen and oxygen atoms in total. The van der Waals surface area contributed by atoms with Gasteiger partial charge >= 0.3 is 0 Å². The molecule has 0 amide bonds. The Kier molecular flexibility index (Phi) is 20.6. The van der Waals surface area contributed by atoms with Gasteiger partial charge in [-0.1, -0.05) is 117 Å². The Morgan fingerprint density at radius 1 is 0.481 bits per heavy atom. The van der Waals surface area contributed by atoms with Gasteiger partial charge in [0.05, 0.1) is 6.61 Å². The lowest BCUT2D eigenvalue weighted by Gasteiger charge is -2.35. The highest BCUT2D eigenvalue weighted by Crippen LogP contribution is 2.41. The van der Waals surface area contributed by atoms with Gasteiger partial charge in [-0.3, -0.25) is 5.26 Å². The summed E-state index contributed by atoms with van der Waals surface area (Å²) in [6, 6.07) is 0. The van der Waals surface area contributed by atoms with E-state index in [0.717, 1.165) is 6.42 Å². The molecule has 0 bridgehead atoms. The SMILES string of the molecule is CCCCC(CCCC)(CCCC)CCCCCCCCCCCCOO. The molecule has 164 valence electrons. The second kappa shape index (κ2) is 20.6. The van der Waals surface area contributed by atoms with Crippen molar-refractivity contribution in [1.82, 2.24) is 0 Å². The van der Waals surface area contributed by atoms with Crippen molar-refractivity contribution >= 4 is 0 Å². The molecule has 2 heteroatoms. The van der Waals surface area contributed by atoms with Gasteiger partial charge in [0.1, 0.15) is 0 Å². The second-order valence-corrected chi connectivity index (χ2v) is 8.93. The van der Waals surface area contributed by atoms with Gasteiger partial charge in [0.15, 0.2) is 0 Å². The molecule has 0 aromatic heterocycles. The van der Waals surface area contributed by atoms with Crippen LogP contribution in [0, 0.1) is 5.41 Å². The predicted molar refractivity (Wildman–Crippen MR) is 120 cm³/mol. The predicted octanol–water partition coefficient (Wildman–Crippen LogP) is 9.32. The van der Waals surface area contributed by atoms with Crippen LogP contribution in [0.25, 0.3) is 0 Å². The van der Waals surface area contributed by atoms with Gasteiger partial charge < -0.3 is 0 Å². The summed E-state index contributed by atoms with van der Waals surface area (Å²) in [5.74, 6) is 0. The summed E-state index contributed by atoms with van der Waals surface area (Å²) >= 11 is 0. The number of rotatable bonds is 22. The van der Waals surface area contributed by atoms with E-state index in [4.69, 9.17) is 5.26 Å². The van der Waals surface area contributed by atoms with Gasteiger partial charge in [-0.2, -0.15) is 0 Å². The molecule has 0 unspecified atom stereocenters. The molecule has 27 heavy (non-hydrogen) atoms. The maximum Gasteiger partial charge on any atom is 0.0819 e. The Bertz CT molecular complexity index is 256. The van der Waals surface area contributed by atoms with Gasteiger partial charge in [-0.25, -0.2) is 4.89 Å². The highest BCUT2D eigenvalue weighted by Gasteiger charge is 2.27. The van der Waals surface area contributed by atoms with Crippen molar-refractivity contribution in [3.05, 3.63) is 0 Å². The fourth-order valence-corrected chi connectivity index (χ4v) is 4.49. The van der Waals surface area contributed by atoms with Crippen LogP contribution in [0.2, 0.25) is 0 Å². The smallest absolute Gasteiger partial charge is 0.0819 e. The monoisotopic (exact) mass is 384 g/mol. The lowest BCUT2D eigenvalue weighted by Crippen LogP contribution is -2.21. The van der Waals surface area contributed by atoms with Crippen LogP contribution in [0.15, 0.2) is 0 Å². The zero-order valence-corrected chi connectivity index (χ0v) is 19.2. The van der Waals surface area contributed by atoms with Crippen LogP contribution in [0.5, 0.6) is 0 Å². The summed E-state index contributed by atoms with van der Waals surface area (Å²) in [6.45, 7) is 7.55. The minimum Gasteiger partial charge on any atom is -0.252 e. The molecule has 0 radical (unpaired) electrons. The summed E-state index contributed by atoms with van der Waals surface area (Å²) in [7, 11) is 0. The average Bonchev–Trinajstić information content (AvgIpc) is 2.69. The van der Waals surface area contributed by atoms with Crippen LogP contribution in [-0.4, -0.2) is 11.9 Å². The molecule has 0 spiro atoms. The quantitative estimate of drug-likeness (QED) is 0.114. The molecule has 0 aliphatic rings. The van der Waals surface area contributed by atoms with Crippen molar-refractivity contribution in [2.75, 3.05) is 6.61 Å². The second-order valence-electron chi connectivity index (χ2n) is 8.93. The molecule has 0 rings (SSSR count).